The number of barbiturate groups is 1. The topological polar surface area (TPSA) is 79.0 Å². The van der Waals surface area contributed by atoms with Crippen molar-refractivity contribution in [3.05, 3.63) is 163 Å². The first-order valence-corrected chi connectivity index (χ1v) is 18.6. The lowest BCUT2D eigenvalue weighted by molar-refractivity contribution is -0.122. The van der Waals surface area contributed by atoms with Gasteiger partial charge in [0.2, 0.25) is 0 Å². The van der Waals surface area contributed by atoms with Gasteiger partial charge < -0.3 is 9.64 Å². The molecule has 5 aromatic carbocycles. The highest BCUT2D eigenvalue weighted by molar-refractivity contribution is 9.10. The zero-order valence-electron chi connectivity index (χ0n) is 27.8. The molecule has 1 saturated heterocycles. The van der Waals surface area contributed by atoms with E-state index in [2.05, 4.69) is 50.4 Å². The lowest BCUT2D eigenvalue weighted by Crippen LogP contribution is -2.54. The first-order valence-electron chi connectivity index (χ1n) is 17.1. The highest BCUT2D eigenvalue weighted by Gasteiger charge is 2.40. The van der Waals surface area contributed by atoms with Gasteiger partial charge in [-0.3, -0.25) is 14.9 Å². The minimum absolute atomic E-state index is 0.0787. The van der Waals surface area contributed by atoms with Crippen molar-refractivity contribution in [1.29, 1.82) is 0 Å². The second kappa shape index (κ2) is 14.3. The second-order valence-corrected chi connectivity index (χ2v) is 14.8. The van der Waals surface area contributed by atoms with E-state index in [-0.39, 0.29) is 24.0 Å². The van der Waals surface area contributed by atoms with E-state index in [0.717, 1.165) is 47.5 Å². The Morgan fingerprint density at radius 2 is 1.40 bits per heavy atom. The fourth-order valence-corrected chi connectivity index (χ4v) is 8.37. The van der Waals surface area contributed by atoms with Gasteiger partial charge in [0.15, 0.2) is 0 Å². The van der Waals surface area contributed by atoms with Crippen molar-refractivity contribution >= 4 is 74.4 Å². The summed E-state index contributed by atoms with van der Waals surface area (Å²) in [6.45, 7) is 2.09. The van der Waals surface area contributed by atoms with Crippen LogP contribution in [0.4, 0.5) is 16.2 Å². The highest BCUT2D eigenvalue weighted by Crippen LogP contribution is 2.50. The molecule has 0 aliphatic carbocycles. The molecule has 4 amide bonds. The van der Waals surface area contributed by atoms with E-state index in [1.807, 2.05) is 54.6 Å². The van der Waals surface area contributed by atoms with Crippen LogP contribution in [0.15, 0.2) is 119 Å². The minimum atomic E-state index is -0.775. The fraction of sp³-hybridized carbons (Fsp3) is 0.167. The molecule has 10 heteroatoms. The first-order chi connectivity index (χ1) is 25.2. The Morgan fingerprint density at radius 1 is 0.769 bits per heavy atom. The third-order valence-electron chi connectivity index (χ3n) is 10.0. The van der Waals surface area contributed by atoms with Crippen LogP contribution in [0.3, 0.4) is 0 Å². The molecule has 3 aliphatic rings. The number of imide groups is 2. The molecule has 2 atom stereocenters. The number of amides is 4. The number of urea groups is 1. The van der Waals surface area contributed by atoms with Crippen molar-refractivity contribution in [2.24, 2.45) is 0 Å². The van der Waals surface area contributed by atoms with Crippen LogP contribution in [-0.2, 0) is 16.2 Å². The number of anilines is 2. The predicted molar refractivity (Wildman–Crippen MR) is 208 cm³/mol. The van der Waals surface area contributed by atoms with Crippen LogP contribution in [0.1, 0.15) is 58.1 Å². The van der Waals surface area contributed by atoms with Crippen LogP contribution in [0.5, 0.6) is 5.75 Å². The van der Waals surface area contributed by atoms with Crippen molar-refractivity contribution in [2.75, 3.05) is 22.9 Å². The number of nitrogens with one attached hydrogen (secondary N) is 1. The van der Waals surface area contributed by atoms with Gasteiger partial charge in [0.25, 0.3) is 11.8 Å². The van der Waals surface area contributed by atoms with E-state index in [4.69, 9.17) is 27.9 Å². The van der Waals surface area contributed by atoms with E-state index >= 15 is 0 Å². The van der Waals surface area contributed by atoms with E-state index in [0.29, 0.717) is 31.5 Å². The molecule has 0 bridgehead atoms. The molecule has 8 rings (SSSR count). The quantitative estimate of drug-likeness (QED) is 0.131. The van der Waals surface area contributed by atoms with Gasteiger partial charge in [-0.1, -0.05) is 96.0 Å². The summed E-state index contributed by atoms with van der Waals surface area (Å²) in [5, 5.41) is 3.32. The summed E-state index contributed by atoms with van der Waals surface area (Å²) in [5.41, 5.74) is 7.40. The molecular formula is C42H32BrCl2N3O4. The number of hydrogen-bond donors (Lipinski definition) is 1. The number of benzene rings is 5. The van der Waals surface area contributed by atoms with Gasteiger partial charge in [-0.05, 0) is 105 Å². The van der Waals surface area contributed by atoms with Gasteiger partial charge in [0.1, 0.15) is 17.9 Å². The average Bonchev–Trinajstić information content (AvgIpc) is 3.15. The number of halogens is 3. The van der Waals surface area contributed by atoms with E-state index in [1.54, 1.807) is 30.3 Å². The van der Waals surface area contributed by atoms with Gasteiger partial charge >= 0.3 is 6.03 Å². The molecule has 3 aliphatic heterocycles. The predicted octanol–water partition coefficient (Wildman–Crippen LogP) is 9.88. The summed E-state index contributed by atoms with van der Waals surface area (Å²) in [6.07, 6.45) is 3.30. The lowest BCUT2D eigenvalue weighted by atomic mass is 9.76. The number of carbonyl (C=O) groups excluding carboxylic acids is 3. The van der Waals surface area contributed by atoms with Gasteiger partial charge in [-0.2, -0.15) is 0 Å². The Labute approximate surface area is 319 Å². The second-order valence-electron chi connectivity index (χ2n) is 13.1. The fourth-order valence-electron chi connectivity index (χ4n) is 7.54. The molecule has 5 aromatic rings. The third-order valence-corrected chi connectivity index (χ3v) is 11.4. The first kappa shape index (κ1) is 34.2. The summed E-state index contributed by atoms with van der Waals surface area (Å²) in [5.74, 6) is -0.724. The third kappa shape index (κ3) is 6.51. The van der Waals surface area contributed by atoms with Crippen LogP contribution in [0.2, 0.25) is 10.0 Å². The molecular weight excluding hydrogens is 761 g/mol. The molecule has 0 radical (unpaired) electrons. The monoisotopic (exact) mass is 791 g/mol. The SMILES string of the molecule is O=C1NC(=O)N(c2cc3c4c(c2)[C@H](c2ccccc2)CCN4CC[C@@H]3c2ccccc2)C(=O)/C1=C/c1ccc(OCc2ccc(Cl)c(Cl)c2)c(Br)c1. The maximum absolute atomic E-state index is 14.3. The van der Waals surface area contributed by atoms with Crippen LogP contribution in [0, 0.1) is 0 Å². The number of rotatable bonds is 7. The van der Waals surface area contributed by atoms with Gasteiger partial charge in [-0.15, -0.1) is 0 Å². The molecule has 1 N–H and O–H groups in total. The van der Waals surface area contributed by atoms with E-state index in [1.165, 1.54) is 22.9 Å². The van der Waals surface area contributed by atoms with Crippen LogP contribution < -0.4 is 19.9 Å². The Balaban J connectivity index is 1.15. The smallest absolute Gasteiger partial charge is 0.335 e. The van der Waals surface area contributed by atoms with E-state index in [9.17, 15) is 14.4 Å². The Kier molecular flexibility index (Phi) is 9.38. The molecule has 0 unspecified atom stereocenters. The largest absolute Gasteiger partial charge is 0.488 e. The number of nitrogens with zero attached hydrogens (tertiary/aromatic N) is 2. The van der Waals surface area contributed by atoms with Crippen LogP contribution >= 0.6 is 39.1 Å². The molecule has 7 nitrogen and oxygen atoms in total. The summed E-state index contributed by atoms with van der Waals surface area (Å²) < 4.78 is 6.60. The number of ether oxygens (including phenoxy) is 1. The molecule has 0 aromatic heterocycles. The molecule has 0 saturated carbocycles. The maximum atomic E-state index is 14.3. The molecule has 3 heterocycles. The Hall–Kier alpha value is -4.89. The normalized spacial score (nSPS) is 19.1. The summed E-state index contributed by atoms with van der Waals surface area (Å²) in [6, 6.07) is 34.4. The average molecular weight is 794 g/mol. The maximum Gasteiger partial charge on any atom is 0.335 e. The minimum Gasteiger partial charge on any atom is -0.488 e. The Morgan fingerprint density at radius 3 is 2.00 bits per heavy atom. The van der Waals surface area contributed by atoms with Gasteiger partial charge in [0.05, 0.1) is 20.2 Å². The molecule has 260 valence electrons. The summed E-state index contributed by atoms with van der Waals surface area (Å²) in [4.78, 5) is 44.6. The standard InChI is InChI=1S/C42H32BrCl2N3O4/c43-35-20-25(12-14-38(35)52-24-26-11-13-36(44)37(45)21-26)19-34-40(49)46-42(51)48(41(34)50)29-22-32-30(27-7-3-1-4-8-27)15-17-47-18-16-31(33(23-29)39(32)47)28-9-5-2-6-10-28/h1-14,19-23,30-31H,15-18,24H2,(H,46,49,51)/b34-19+/t30-,31+. The molecule has 1 fully saturated rings. The highest BCUT2D eigenvalue weighted by atomic mass is 79.9. The zero-order valence-corrected chi connectivity index (χ0v) is 30.9. The molecule has 0 spiro atoms. The van der Waals surface area contributed by atoms with Crippen molar-refractivity contribution in [3.63, 3.8) is 0 Å². The Bertz CT molecular complexity index is 2190. The van der Waals surface area contributed by atoms with Gasteiger partial charge in [-0.25, -0.2) is 9.69 Å². The zero-order chi connectivity index (χ0) is 35.9. The summed E-state index contributed by atoms with van der Waals surface area (Å²) in [7, 11) is 0. The van der Waals surface area contributed by atoms with Crippen molar-refractivity contribution in [3.8, 4) is 5.75 Å². The van der Waals surface area contributed by atoms with Crippen molar-refractivity contribution in [2.45, 2.75) is 31.3 Å². The lowest BCUT2D eigenvalue weighted by Gasteiger charge is -2.44. The van der Waals surface area contributed by atoms with Crippen molar-refractivity contribution in [1.82, 2.24) is 5.32 Å². The van der Waals surface area contributed by atoms with Crippen LogP contribution in [0.25, 0.3) is 6.08 Å². The summed E-state index contributed by atoms with van der Waals surface area (Å²) >= 11 is 15.7. The number of carbonyl (C=O) groups is 3. The molecule has 52 heavy (non-hydrogen) atoms. The van der Waals surface area contributed by atoms with Gasteiger partial charge in [0, 0.05) is 30.6 Å². The van der Waals surface area contributed by atoms with Crippen molar-refractivity contribution < 1.29 is 19.1 Å². The number of hydrogen-bond acceptors (Lipinski definition) is 5. The van der Waals surface area contributed by atoms with Crippen LogP contribution in [-0.4, -0.2) is 30.9 Å². The van der Waals surface area contributed by atoms with E-state index < -0.39 is 17.8 Å².